The Labute approximate surface area is 115 Å². The van der Waals surface area contributed by atoms with Gasteiger partial charge in [-0.15, -0.1) is 0 Å². The summed E-state index contributed by atoms with van der Waals surface area (Å²) in [5.41, 5.74) is 3.03. The van der Waals surface area contributed by atoms with Crippen LogP contribution in [0.4, 0.5) is 0 Å². The molecule has 0 aliphatic rings. The highest BCUT2D eigenvalue weighted by atomic mass is 79.9. The lowest BCUT2D eigenvalue weighted by Crippen LogP contribution is -2.05. The average molecular weight is 310 g/mol. The number of rotatable bonds is 3. The van der Waals surface area contributed by atoms with E-state index in [1.165, 1.54) is 0 Å². The first-order valence-electron chi connectivity index (χ1n) is 5.88. The van der Waals surface area contributed by atoms with E-state index in [4.69, 9.17) is 9.26 Å². The highest BCUT2D eigenvalue weighted by molar-refractivity contribution is 9.10. The number of ether oxygens (including phenoxy) is 1. The maximum Gasteiger partial charge on any atom is 0.141 e. The second-order valence-corrected chi connectivity index (χ2v) is 5.37. The van der Waals surface area contributed by atoms with Gasteiger partial charge >= 0.3 is 0 Å². The summed E-state index contributed by atoms with van der Waals surface area (Å²) in [5, 5.41) is 3.97. The molecule has 3 nitrogen and oxygen atoms in total. The minimum atomic E-state index is 0.159. The zero-order valence-corrected chi connectivity index (χ0v) is 12.5. The molecule has 1 heterocycles. The van der Waals surface area contributed by atoms with Gasteiger partial charge in [-0.25, -0.2) is 0 Å². The molecule has 0 bridgehead atoms. The van der Waals surface area contributed by atoms with Crippen molar-refractivity contribution in [1.29, 1.82) is 0 Å². The molecule has 0 spiro atoms. The SMILES string of the molecule is Cc1noc(C)c1-c1ccc(OC(C)C)c(Br)c1. The quantitative estimate of drug-likeness (QED) is 0.837. The smallest absolute Gasteiger partial charge is 0.141 e. The van der Waals surface area contributed by atoms with Gasteiger partial charge < -0.3 is 9.26 Å². The van der Waals surface area contributed by atoms with Crippen molar-refractivity contribution >= 4 is 15.9 Å². The Hall–Kier alpha value is -1.29. The van der Waals surface area contributed by atoms with E-state index in [1.807, 2.05) is 45.9 Å². The predicted octanol–water partition coefficient (Wildman–Crippen LogP) is 4.51. The first-order valence-corrected chi connectivity index (χ1v) is 6.67. The summed E-state index contributed by atoms with van der Waals surface area (Å²) in [4.78, 5) is 0. The summed E-state index contributed by atoms with van der Waals surface area (Å²) in [7, 11) is 0. The minimum Gasteiger partial charge on any atom is -0.490 e. The van der Waals surface area contributed by atoms with Crippen molar-refractivity contribution in [1.82, 2.24) is 5.16 Å². The van der Waals surface area contributed by atoms with Crippen LogP contribution in [0.5, 0.6) is 5.75 Å². The molecule has 18 heavy (non-hydrogen) atoms. The molecular formula is C14H16BrNO2. The molecule has 0 aliphatic carbocycles. The summed E-state index contributed by atoms with van der Waals surface area (Å²) in [6, 6.07) is 6.02. The number of hydrogen-bond acceptors (Lipinski definition) is 3. The summed E-state index contributed by atoms with van der Waals surface area (Å²) in [5.74, 6) is 1.68. The van der Waals surface area contributed by atoms with E-state index < -0.39 is 0 Å². The number of hydrogen-bond donors (Lipinski definition) is 0. The van der Waals surface area contributed by atoms with Crippen LogP contribution in [0.3, 0.4) is 0 Å². The van der Waals surface area contributed by atoms with E-state index in [2.05, 4.69) is 21.1 Å². The summed E-state index contributed by atoms with van der Waals surface area (Å²) in [6.07, 6.45) is 0.159. The molecule has 0 amide bonds. The fourth-order valence-electron chi connectivity index (χ4n) is 1.90. The molecule has 0 fully saturated rings. The van der Waals surface area contributed by atoms with Crippen molar-refractivity contribution in [2.45, 2.75) is 33.8 Å². The number of nitrogens with zero attached hydrogens (tertiary/aromatic N) is 1. The Morgan fingerprint density at radius 3 is 2.50 bits per heavy atom. The van der Waals surface area contributed by atoms with E-state index in [0.717, 1.165) is 32.8 Å². The summed E-state index contributed by atoms with van der Waals surface area (Å²) < 4.78 is 11.8. The van der Waals surface area contributed by atoms with Crippen molar-refractivity contribution in [3.05, 3.63) is 34.1 Å². The Morgan fingerprint density at radius 1 is 1.28 bits per heavy atom. The number of halogens is 1. The van der Waals surface area contributed by atoms with Gasteiger partial charge in [0.15, 0.2) is 0 Å². The number of aryl methyl sites for hydroxylation is 2. The van der Waals surface area contributed by atoms with Gasteiger partial charge in [-0.2, -0.15) is 0 Å². The third-order valence-corrected chi connectivity index (χ3v) is 3.24. The maximum atomic E-state index is 5.69. The molecule has 1 aromatic carbocycles. The lowest BCUT2D eigenvalue weighted by Gasteiger charge is -2.12. The van der Waals surface area contributed by atoms with Crippen LogP contribution in [0.2, 0.25) is 0 Å². The van der Waals surface area contributed by atoms with E-state index >= 15 is 0 Å². The molecule has 96 valence electrons. The van der Waals surface area contributed by atoms with Gasteiger partial charge in [0.25, 0.3) is 0 Å². The Kier molecular flexibility index (Phi) is 3.76. The van der Waals surface area contributed by atoms with Gasteiger partial charge in [-0.1, -0.05) is 11.2 Å². The monoisotopic (exact) mass is 309 g/mol. The van der Waals surface area contributed by atoms with Crippen molar-refractivity contribution in [2.75, 3.05) is 0 Å². The lowest BCUT2D eigenvalue weighted by molar-refractivity contribution is 0.241. The van der Waals surface area contributed by atoms with E-state index in [1.54, 1.807) is 0 Å². The maximum absolute atomic E-state index is 5.69. The molecule has 0 saturated carbocycles. The average Bonchev–Trinajstić information content (AvgIpc) is 2.61. The third-order valence-electron chi connectivity index (χ3n) is 2.62. The van der Waals surface area contributed by atoms with Crippen molar-refractivity contribution < 1.29 is 9.26 Å². The fourth-order valence-corrected chi connectivity index (χ4v) is 2.37. The van der Waals surface area contributed by atoms with Crippen LogP contribution in [0.25, 0.3) is 11.1 Å². The molecule has 0 unspecified atom stereocenters. The molecule has 4 heteroatoms. The van der Waals surface area contributed by atoms with Crippen molar-refractivity contribution in [3.8, 4) is 16.9 Å². The second kappa shape index (κ2) is 5.14. The summed E-state index contributed by atoms with van der Waals surface area (Å²) >= 11 is 3.53. The van der Waals surface area contributed by atoms with E-state index in [0.29, 0.717) is 0 Å². The first-order chi connectivity index (χ1) is 8.49. The van der Waals surface area contributed by atoms with Crippen LogP contribution in [-0.2, 0) is 0 Å². The van der Waals surface area contributed by atoms with E-state index in [-0.39, 0.29) is 6.10 Å². The Morgan fingerprint density at radius 2 is 2.00 bits per heavy atom. The van der Waals surface area contributed by atoms with Gasteiger partial charge in [0.05, 0.1) is 16.3 Å². The highest BCUT2D eigenvalue weighted by Crippen LogP contribution is 2.34. The minimum absolute atomic E-state index is 0.159. The van der Waals surface area contributed by atoms with Gasteiger partial charge in [0.2, 0.25) is 0 Å². The third kappa shape index (κ3) is 2.58. The Bertz CT molecular complexity index is 541. The fraction of sp³-hybridized carbons (Fsp3) is 0.357. The Balaban J connectivity index is 2.40. The van der Waals surface area contributed by atoms with Gasteiger partial charge in [-0.05, 0) is 61.3 Å². The number of aromatic nitrogens is 1. The zero-order valence-electron chi connectivity index (χ0n) is 11.0. The molecule has 0 aliphatic heterocycles. The molecule has 2 aromatic rings. The number of benzene rings is 1. The van der Waals surface area contributed by atoms with Gasteiger partial charge in [0.1, 0.15) is 11.5 Å². The van der Waals surface area contributed by atoms with Crippen LogP contribution in [0, 0.1) is 13.8 Å². The van der Waals surface area contributed by atoms with Gasteiger partial charge in [0, 0.05) is 5.56 Å². The summed E-state index contributed by atoms with van der Waals surface area (Å²) in [6.45, 7) is 7.88. The van der Waals surface area contributed by atoms with Crippen LogP contribution < -0.4 is 4.74 Å². The largest absolute Gasteiger partial charge is 0.490 e. The standard InChI is InChI=1S/C14H16BrNO2/c1-8(2)17-13-6-5-11(7-12(13)15)14-9(3)16-18-10(14)4/h5-8H,1-4H3. The van der Waals surface area contributed by atoms with Gasteiger partial charge in [-0.3, -0.25) is 0 Å². The second-order valence-electron chi connectivity index (χ2n) is 4.51. The van der Waals surface area contributed by atoms with Crippen LogP contribution in [-0.4, -0.2) is 11.3 Å². The molecule has 0 atom stereocenters. The van der Waals surface area contributed by atoms with Crippen molar-refractivity contribution in [3.63, 3.8) is 0 Å². The zero-order chi connectivity index (χ0) is 13.3. The molecule has 0 N–H and O–H groups in total. The van der Waals surface area contributed by atoms with Crippen molar-refractivity contribution in [2.24, 2.45) is 0 Å². The lowest BCUT2D eigenvalue weighted by atomic mass is 10.0. The van der Waals surface area contributed by atoms with Crippen LogP contribution >= 0.6 is 15.9 Å². The highest BCUT2D eigenvalue weighted by Gasteiger charge is 2.13. The van der Waals surface area contributed by atoms with Crippen LogP contribution in [0.1, 0.15) is 25.3 Å². The topological polar surface area (TPSA) is 35.3 Å². The normalized spacial score (nSPS) is 11.0. The van der Waals surface area contributed by atoms with E-state index in [9.17, 15) is 0 Å². The van der Waals surface area contributed by atoms with Crippen LogP contribution in [0.15, 0.2) is 27.2 Å². The molecular weight excluding hydrogens is 294 g/mol. The molecule has 1 aromatic heterocycles. The molecule has 0 radical (unpaired) electrons. The molecule has 2 rings (SSSR count). The predicted molar refractivity (Wildman–Crippen MR) is 74.9 cm³/mol. The molecule has 0 saturated heterocycles. The first kappa shape index (κ1) is 13.1.